The van der Waals surface area contributed by atoms with Crippen LogP contribution in [0.2, 0.25) is 5.02 Å². The number of aromatic nitrogens is 4. The summed E-state index contributed by atoms with van der Waals surface area (Å²) >= 11 is 5.98. The minimum Gasteiger partial charge on any atom is -0.476 e. The number of fused-ring (bicyclic) bond motifs is 1. The van der Waals surface area contributed by atoms with Gasteiger partial charge in [0.05, 0.1) is 30.5 Å². The highest BCUT2D eigenvalue weighted by atomic mass is 35.5. The zero-order chi connectivity index (χ0) is 31.5. The summed E-state index contributed by atoms with van der Waals surface area (Å²) in [5, 5.41) is 13.9. The van der Waals surface area contributed by atoms with Gasteiger partial charge >= 0.3 is 5.97 Å². The number of para-hydroxylation sites is 1. The van der Waals surface area contributed by atoms with Gasteiger partial charge in [-0.2, -0.15) is 5.10 Å². The zero-order valence-electron chi connectivity index (χ0n) is 25.4. The van der Waals surface area contributed by atoms with Crippen molar-refractivity contribution in [2.75, 3.05) is 19.7 Å². The number of carbonyl (C=O) groups is 1. The minimum absolute atomic E-state index is 0.00668. The van der Waals surface area contributed by atoms with E-state index in [0.717, 1.165) is 61.7 Å². The lowest BCUT2D eigenvalue weighted by Crippen LogP contribution is -2.35. The van der Waals surface area contributed by atoms with E-state index >= 15 is 0 Å². The number of aromatic carboxylic acids is 1. The molecule has 0 saturated carbocycles. The van der Waals surface area contributed by atoms with Crippen LogP contribution in [0.4, 0.5) is 4.39 Å². The van der Waals surface area contributed by atoms with Gasteiger partial charge in [-0.25, -0.2) is 14.2 Å². The Morgan fingerprint density at radius 3 is 2.60 bits per heavy atom. The molecule has 10 nitrogen and oxygen atoms in total. The number of likely N-dealkylation sites (tertiary alicyclic amines) is 1. The molecule has 2 aromatic heterocycles. The molecule has 2 unspecified atom stereocenters. The van der Waals surface area contributed by atoms with Crippen molar-refractivity contribution in [2.24, 2.45) is 7.05 Å². The molecule has 0 bridgehead atoms. The van der Waals surface area contributed by atoms with Gasteiger partial charge in [-0.15, -0.1) is 0 Å². The first-order valence-corrected chi connectivity index (χ1v) is 15.6. The Labute approximate surface area is 265 Å². The summed E-state index contributed by atoms with van der Waals surface area (Å²) in [6.45, 7) is 7.59. The third-order valence-corrected chi connectivity index (χ3v) is 9.48. The van der Waals surface area contributed by atoms with Gasteiger partial charge in [0.25, 0.3) is 5.79 Å². The number of carboxylic acid groups (broad SMARTS) is 1. The van der Waals surface area contributed by atoms with Gasteiger partial charge in [0, 0.05) is 42.9 Å². The Kier molecular flexibility index (Phi) is 7.58. The number of hydrogen-bond donors (Lipinski definition) is 1. The summed E-state index contributed by atoms with van der Waals surface area (Å²) in [7, 11) is 1.74. The van der Waals surface area contributed by atoms with Crippen molar-refractivity contribution in [2.45, 2.75) is 64.0 Å². The molecule has 4 aromatic rings. The van der Waals surface area contributed by atoms with Crippen LogP contribution in [-0.2, 0) is 30.7 Å². The van der Waals surface area contributed by atoms with Crippen molar-refractivity contribution in [3.63, 3.8) is 0 Å². The van der Waals surface area contributed by atoms with Gasteiger partial charge < -0.3 is 23.9 Å². The molecule has 0 radical (unpaired) electrons. The van der Waals surface area contributed by atoms with Crippen molar-refractivity contribution in [3.05, 3.63) is 81.6 Å². The molecule has 12 heteroatoms. The highest BCUT2D eigenvalue weighted by molar-refractivity contribution is 6.30. The van der Waals surface area contributed by atoms with Gasteiger partial charge in [0.2, 0.25) is 0 Å². The molecule has 2 atom stereocenters. The number of aryl methyl sites for hydroxylation is 1. The van der Waals surface area contributed by atoms with Gasteiger partial charge in [0.1, 0.15) is 17.3 Å². The SMILES string of the molecule is Cc1c(-c2cc(C(=O)O)nn2C)nc(CN2CCC(c3cccc4c3OC(C)(c3ccc(Cl)cc3F)O4)CC2)n1CC1CCO1. The molecule has 1 N–H and O–H groups in total. The van der Waals surface area contributed by atoms with E-state index in [1.165, 1.54) is 6.07 Å². The summed E-state index contributed by atoms with van der Waals surface area (Å²) in [4.78, 5) is 19.0. The van der Waals surface area contributed by atoms with Crippen LogP contribution in [0.5, 0.6) is 11.5 Å². The van der Waals surface area contributed by atoms with Gasteiger partial charge in [0.15, 0.2) is 17.2 Å². The second-order valence-electron chi connectivity index (χ2n) is 12.2. The summed E-state index contributed by atoms with van der Waals surface area (Å²) in [5.41, 5.74) is 3.73. The zero-order valence-corrected chi connectivity index (χ0v) is 26.2. The summed E-state index contributed by atoms with van der Waals surface area (Å²) in [6, 6.07) is 12.0. The van der Waals surface area contributed by atoms with Crippen LogP contribution in [0.3, 0.4) is 0 Å². The number of benzene rings is 2. The van der Waals surface area contributed by atoms with Crippen molar-refractivity contribution < 1.29 is 28.5 Å². The van der Waals surface area contributed by atoms with Gasteiger partial charge in [-0.1, -0.05) is 23.7 Å². The Hall–Kier alpha value is -3.93. The van der Waals surface area contributed by atoms with Crippen molar-refractivity contribution in [1.82, 2.24) is 24.2 Å². The molecule has 2 aromatic carbocycles. The number of rotatable bonds is 8. The van der Waals surface area contributed by atoms with E-state index in [1.807, 2.05) is 19.1 Å². The number of carboxylic acids is 1. The fourth-order valence-electron chi connectivity index (χ4n) is 6.66. The summed E-state index contributed by atoms with van der Waals surface area (Å²) in [6.07, 6.45) is 2.97. The molecule has 7 rings (SSSR count). The quantitative estimate of drug-likeness (QED) is 0.255. The first-order valence-electron chi connectivity index (χ1n) is 15.2. The molecule has 0 amide bonds. The molecule has 3 aliphatic heterocycles. The number of piperidine rings is 1. The Morgan fingerprint density at radius 2 is 1.93 bits per heavy atom. The van der Waals surface area contributed by atoms with Crippen molar-refractivity contribution in [1.29, 1.82) is 0 Å². The largest absolute Gasteiger partial charge is 0.476 e. The molecular formula is C33H35ClFN5O5. The van der Waals surface area contributed by atoms with Crippen LogP contribution < -0.4 is 9.47 Å². The molecule has 0 spiro atoms. The lowest BCUT2D eigenvalue weighted by atomic mass is 9.88. The highest BCUT2D eigenvalue weighted by Crippen LogP contribution is 2.50. The summed E-state index contributed by atoms with van der Waals surface area (Å²) < 4.78 is 37.0. The number of ether oxygens (including phenoxy) is 3. The molecule has 5 heterocycles. The fourth-order valence-corrected chi connectivity index (χ4v) is 6.82. The normalized spacial score (nSPS) is 21.7. The monoisotopic (exact) mass is 635 g/mol. The third-order valence-electron chi connectivity index (χ3n) is 9.24. The van der Waals surface area contributed by atoms with E-state index in [2.05, 4.69) is 20.6 Å². The molecule has 45 heavy (non-hydrogen) atoms. The first kappa shape index (κ1) is 29.8. The van der Waals surface area contributed by atoms with E-state index in [1.54, 1.807) is 36.9 Å². The first-order chi connectivity index (χ1) is 21.6. The molecule has 0 aliphatic carbocycles. The highest BCUT2D eigenvalue weighted by Gasteiger charge is 2.43. The average Bonchev–Trinajstić information content (AvgIpc) is 3.63. The van der Waals surface area contributed by atoms with Crippen LogP contribution in [0.15, 0.2) is 42.5 Å². The van der Waals surface area contributed by atoms with E-state index in [-0.39, 0.29) is 17.7 Å². The molecule has 3 aliphatic rings. The second-order valence-corrected chi connectivity index (χ2v) is 12.6. The maximum Gasteiger partial charge on any atom is 0.356 e. The fraction of sp³-hybridized carbons (Fsp3) is 0.424. The average molecular weight is 636 g/mol. The van der Waals surface area contributed by atoms with E-state index < -0.39 is 17.6 Å². The number of imidazole rings is 1. The Morgan fingerprint density at radius 1 is 1.16 bits per heavy atom. The van der Waals surface area contributed by atoms with E-state index in [0.29, 0.717) is 40.9 Å². The van der Waals surface area contributed by atoms with Gasteiger partial charge in [-0.3, -0.25) is 9.58 Å². The van der Waals surface area contributed by atoms with Crippen molar-refractivity contribution in [3.8, 4) is 22.9 Å². The summed E-state index contributed by atoms with van der Waals surface area (Å²) in [5.74, 6) is -0.378. The van der Waals surface area contributed by atoms with Gasteiger partial charge in [-0.05, 0) is 69.5 Å². The Bertz CT molecular complexity index is 1780. The predicted molar refractivity (Wildman–Crippen MR) is 164 cm³/mol. The number of hydrogen-bond acceptors (Lipinski definition) is 7. The van der Waals surface area contributed by atoms with Crippen molar-refractivity contribution >= 4 is 17.6 Å². The van der Waals surface area contributed by atoms with Crippen LogP contribution in [-0.4, -0.2) is 61.1 Å². The van der Waals surface area contributed by atoms with E-state index in [4.69, 9.17) is 30.8 Å². The minimum atomic E-state index is -1.29. The van der Waals surface area contributed by atoms with Crippen LogP contribution in [0.25, 0.3) is 11.4 Å². The third kappa shape index (κ3) is 5.47. The van der Waals surface area contributed by atoms with Crippen LogP contribution >= 0.6 is 11.6 Å². The number of nitrogens with zero attached hydrogens (tertiary/aromatic N) is 5. The lowest BCUT2D eigenvalue weighted by molar-refractivity contribution is -0.0712. The lowest BCUT2D eigenvalue weighted by Gasteiger charge is -2.33. The smallest absolute Gasteiger partial charge is 0.356 e. The topological polar surface area (TPSA) is 104 Å². The number of halogens is 2. The van der Waals surface area contributed by atoms with Crippen LogP contribution in [0, 0.1) is 12.7 Å². The standard InChI is InChI=1S/C33H35ClFN5O5/c1-19-30(27-16-26(32(41)42)37-38(27)3)36-29(40(19)17-22-11-14-43-22)18-39-12-9-20(10-13-39)23-5-4-6-28-31(23)45-33(2,44-28)24-8-7-21(34)15-25(24)35/h4-8,15-16,20,22H,9-14,17-18H2,1-3H3,(H,41,42). The molecule has 236 valence electrons. The van der Waals surface area contributed by atoms with E-state index in [9.17, 15) is 14.3 Å². The second kappa shape index (κ2) is 11.5. The maximum absolute atomic E-state index is 14.9. The Balaban J connectivity index is 1.08. The van der Waals surface area contributed by atoms with Crippen LogP contribution in [0.1, 0.15) is 65.2 Å². The molecule has 2 fully saturated rings. The maximum atomic E-state index is 14.9. The predicted octanol–water partition coefficient (Wildman–Crippen LogP) is 5.90. The molecule has 2 saturated heterocycles. The molecular weight excluding hydrogens is 601 g/mol.